The standard InChI is InChI=1S/C14H10ClF3N2/c15-12-2-1-3-13(8-12)20-19-9-10-4-6-11(7-5-10)14(16,17)18/h1-9,20H. The number of hydrogen-bond acceptors (Lipinski definition) is 2. The third kappa shape index (κ3) is 3.99. The van der Waals surface area contributed by atoms with E-state index < -0.39 is 11.7 Å². The molecule has 104 valence electrons. The van der Waals surface area contributed by atoms with Gasteiger partial charge in [-0.2, -0.15) is 18.3 Å². The summed E-state index contributed by atoms with van der Waals surface area (Å²) in [6, 6.07) is 11.7. The number of nitrogens with zero attached hydrogens (tertiary/aromatic N) is 1. The van der Waals surface area contributed by atoms with E-state index in [1.54, 1.807) is 24.3 Å². The molecule has 0 aromatic heterocycles. The summed E-state index contributed by atoms with van der Waals surface area (Å²) in [5.41, 5.74) is 3.32. The van der Waals surface area contributed by atoms with Crippen molar-refractivity contribution in [2.75, 3.05) is 5.43 Å². The highest BCUT2D eigenvalue weighted by molar-refractivity contribution is 6.30. The SMILES string of the molecule is FC(F)(F)c1ccc(C=NNc2cccc(Cl)c2)cc1. The van der Waals surface area contributed by atoms with Crippen molar-refractivity contribution < 1.29 is 13.2 Å². The van der Waals surface area contributed by atoms with Crippen molar-refractivity contribution in [3.8, 4) is 0 Å². The van der Waals surface area contributed by atoms with Gasteiger partial charge in [0.2, 0.25) is 0 Å². The van der Waals surface area contributed by atoms with Crippen LogP contribution in [0.2, 0.25) is 5.02 Å². The fourth-order valence-corrected chi connectivity index (χ4v) is 1.69. The van der Waals surface area contributed by atoms with Gasteiger partial charge in [-0.05, 0) is 35.9 Å². The van der Waals surface area contributed by atoms with Crippen LogP contribution in [0.1, 0.15) is 11.1 Å². The molecule has 0 aliphatic heterocycles. The normalized spacial score (nSPS) is 11.8. The molecule has 0 heterocycles. The fourth-order valence-electron chi connectivity index (χ4n) is 1.50. The summed E-state index contributed by atoms with van der Waals surface area (Å²) in [7, 11) is 0. The Kier molecular flexibility index (Phi) is 4.29. The van der Waals surface area contributed by atoms with Crippen LogP contribution in [-0.4, -0.2) is 6.21 Å². The third-order valence-corrected chi connectivity index (χ3v) is 2.70. The Labute approximate surface area is 118 Å². The molecule has 0 radical (unpaired) electrons. The monoisotopic (exact) mass is 298 g/mol. The quantitative estimate of drug-likeness (QED) is 0.638. The van der Waals surface area contributed by atoms with E-state index >= 15 is 0 Å². The molecule has 2 aromatic carbocycles. The van der Waals surface area contributed by atoms with Crippen LogP contribution < -0.4 is 5.43 Å². The molecule has 0 amide bonds. The number of alkyl halides is 3. The van der Waals surface area contributed by atoms with Gasteiger partial charge in [0.05, 0.1) is 17.5 Å². The van der Waals surface area contributed by atoms with Gasteiger partial charge in [0.1, 0.15) is 0 Å². The Bertz CT molecular complexity index is 607. The number of hydrogen-bond donors (Lipinski definition) is 1. The molecule has 0 bridgehead atoms. The van der Waals surface area contributed by atoms with E-state index in [0.29, 0.717) is 16.3 Å². The predicted molar refractivity (Wildman–Crippen MR) is 74.1 cm³/mol. The van der Waals surface area contributed by atoms with Gasteiger partial charge in [-0.1, -0.05) is 29.8 Å². The van der Waals surface area contributed by atoms with Gasteiger partial charge in [0, 0.05) is 5.02 Å². The van der Waals surface area contributed by atoms with Gasteiger partial charge in [-0.3, -0.25) is 5.43 Å². The number of hydrazone groups is 1. The van der Waals surface area contributed by atoms with Crippen LogP contribution in [-0.2, 0) is 6.18 Å². The molecule has 1 N–H and O–H groups in total. The van der Waals surface area contributed by atoms with Crippen LogP contribution in [0.4, 0.5) is 18.9 Å². The van der Waals surface area contributed by atoms with Gasteiger partial charge in [0.15, 0.2) is 0 Å². The van der Waals surface area contributed by atoms with E-state index in [9.17, 15) is 13.2 Å². The number of halogens is 4. The Hall–Kier alpha value is -2.01. The van der Waals surface area contributed by atoms with Gasteiger partial charge < -0.3 is 0 Å². The molecule has 2 nitrogen and oxygen atoms in total. The summed E-state index contributed by atoms with van der Waals surface area (Å²) in [5.74, 6) is 0. The zero-order chi connectivity index (χ0) is 14.6. The van der Waals surface area contributed by atoms with Crippen molar-refractivity contribution >= 4 is 23.5 Å². The molecule has 6 heteroatoms. The van der Waals surface area contributed by atoms with E-state index in [4.69, 9.17) is 11.6 Å². The lowest BCUT2D eigenvalue weighted by atomic mass is 10.1. The molecule has 0 spiro atoms. The van der Waals surface area contributed by atoms with Crippen LogP contribution in [0.3, 0.4) is 0 Å². The molecule has 0 aliphatic carbocycles. The summed E-state index contributed by atoms with van der Waals surface area (Å²) in [6.07, 6.45) is -2.89. The van der Waals surface area contributed by atoms with Gasteiger partial charge in [-0.25, -0.2) is 0 Å². The Morgan fingerprint density at radius 3 is 2.35 bits per heavy atom. The van der Waals surface area contributed by atoms with E-state index in [-0.39, 0.29) is 0 Å². The average Bonchev–Trinajstić information content (AvgIpc) is 2.38. The summed E-state index contributed by atoms with van der Waals surface area (Å²) in [4.78, 5) is 0. The number of nitrogens with one attached hydrogen (secondary N) is 1. The molecular formula is C14H10ClF3N2. The van der Waals surface area contributed by atoms with Gasteiger partial charge in [0.25, 0.3) is 0 Å². The van der Waals surface area contributed by atoms with Crippen LogP contribution in [0.5, 0.6) is 0 Å². The highest BCUT2D eigenvalue weighted by atomic mass is 35.5. The lowest BCUT2D eigenvalue weighted by molar-refractivity contribution is -0.137. The van der Waals surface area contributed by atoms with Crippen molar-refractivity contribution in [3.63, 3.8) is 0 Å². The van der Waals surface area contributed by atoms with Crippen molar-refractivity contribution in [1.29, 1.82) is 0 Å². The topological polar surface area (TPSA) is 24.4 Å². The second-order valence-corrected chi connectivity index (χ2v) is 4.44. The molecule has 0 saturated carbocycles. The fraction of sp³-hybridized carbons (Fsp3) is 0.0714. The average molecular weight is 299 g/mol. The van der Waals surface area contributed by atoms with E-state index in [1.165, 1.54) is 18.3 Å². The lowest BCUT2D eigenvalue weighted by Crippen LogP contribution is -2.04. The van der Waals surface area contributed by atoms with Gasteiger partial charge in [-0.15, -0.1) is 0 Å². The first-order valence-electron chi connectivity index (χ1n) is 5.67. The predicted octanol–water partition coefficient (Wildman–Crippen LogP) is 4.80. The van der Waals surface area contributed by atoms with Crippen LogP contribution >= 0.6 is 11.6 Å². The first-order chi connectivity index (χ1) is 9.45. The second-order valence-electron chi connectivity index (χ2n) is 4.00. The zero-order valence-electron chi connectivity index (χ0n) is 10.2. The maximum absolute atomic E-state index is 12.4. The van der Waals surface area contributed by atoms with Crippen LogP contribution in [0.25, 0.3) is 0 Å². The van der Waals surface area contributed by atoms with E-state index in [0.717, 1.165) is 12.1 Å². The molecule has 0 atom stereocenters. The third-order valence-electron chi connectivity index (χ3n) is 2.47. The molecule has 0 unspecified atom stereocenters. The maximum atomic E-state index is 12.4. The van der Waals surface area contributed by atoms with Crippen LogP contribution in [0.15, 0.2) is 53.6 Å². The minimum Gasteiger partial charge on any atom is -0.278 e. The molecule has 0 aliphatic rings. The molecule has 2 aromatic rings. The molecule has 2 rings (SSSR count). The smallest absolute Gasteiger partial charge is 0.278 e. The first-order valence-corrected chi connectivity index (χ1v) is 6.05. The maximum Gasteiger partial charge on any atom is 0.416 e. The number of anilines is 1. The highest BCUT2D eigenvalue weighted by Gasteiger charge is 2.29. The summed E-state index contributed by atoms with van der Waals surface area (Å²) >= 11 is 5.80. The highest BCUT2D eigenvalue weighted by Crippen LogP contribution is 2.28. The summed E-state index contributed by atoms with van der Waals surface area (Å²) < 4.78 is 37.1. The molecule has 20 heavy (non-hydrogen) atoms. The molecule has 0 fully saturated rings. The molecule has 0 saturated heterocycles. The van der Waals surface area contributed by atoms with E-state index in [1.807, 2.05) is 0 Å². The summed E-state index contributed by atoms with van der Waals surface area (Å²) in [6.45, 7) is 0. The van der Waals surface area contributed by atoms with Crippen molar-refractivity contribution in [2.24, 2.45) is 5.10 Å². The van der Waals surface area contributed by atoms with Crippen molar-refractivity contribution in [1.82, 2.24) is 0 Å². The Balaban J connectivity index is 2.01. The lowest BCUT2D eigenvalue weighted by Gasteiger charge is -2.05. The van der Waals surface area contributed by atoms with Crippen LogP contribution in [0, 0.1) is 0 Å². The Morgan fingerprint density at radius 1 is 1.05 bits per heavy atom. The largest absolute Gasteiger partial charge is 0.416 e. The number of benzene rings is 2. The molecular weight excluding hydrogens is 289 g/mol. The number of rotatable bonds is 3. The van der Waals surface area contributed by atoms with E-state index in [2.05, 4.69) is 10.5 Å². The Morgan fingerprint density at radius 2 is 1.75 bits per heavy atom. The second kappa shape index (κ2) is 5.96. The summed E-state index contributed by atoms with van der Waals surface area (Å²) in [5, 5.41) is 4.50. The minimum atomic E-state index is -4.32. The van der Waals surface area contributed by atoms with Crippen molar-refractivity contribution in [2.45, 2.75) is 6.18 Å². The van der Waals surface area contributed by atoms with Crippen molar-refractivity contribution in [3.05, 3.63) is 64.7 Å². The van der Waals surface area contributed by atoms with Gasteiger partial charge >= 0.3 is 6.18 Å². The zero-order valence-corrected chi connectivity index (χ0v) is 10.9. The minimum absolute atomic E-state index is 0.563. The first kappa shape index (κ1) is 14.4.